The first-order chi connectivity index (χ1) is 8.45. The Morgan fingerprint density at radius 2 is 1.67 bits per heavy atom. The van der Waals surface area contributed by atoms with Crippen LogP contribution < -0.4 is 4.74 Å². The second-order valence-electron chi connectivity index (χ2n) is 3.80. The third-order valence-corrected chi connectivity index (χ3v) is 3.92. The molecule has 5 heteroatoms. The van der Waals surface area contributed by atoms with Gasteiger partial charge in [0, 0.05) is 10.7 Å². The minimum Gasteiger partial charge on any atom is -0.457 e. The molecule has 3 nitrogen and oxygen atoms in total. The van der Waals surface area contributed by atoms with Crippen molar-refractivity contribution in [3.8, 4) is 11.5 Å². The van der Waals surface area contributed by atoms with Gasteiger partial charge in [-0.3, -0.25) is 0 Å². The van der Waals surface area contributed by atoms with E-state index in [0.29, 0.717) is 11.5 Å². The summed E-state index contributed by atoms with van der Waals surface area (Å²) in [6, 6.07) is 13.8. The van der Waals surface area contributed by atoms with Crippen LogP contribution in [-0.2, 0) is 9.84 Å². The predicted octanol–water partition coefficient (Wildman–Crippen LogP) is 3.64. The molecule has 0 aliphatic carbocycles. The number of rotatable bonds is 3. The Labute approximate surface area is 114 Å². The van der Waals surface area contributed by atoms with Crippen LogP contribution in [0.3, 0.4) is 0 Å². The van der Waals surface area contributed by atoms with Crippen LogP contribution in [0.25, 0.3) is 0 Å². The number of benzene rings is 2. The second-order valence-corrected chi connectivity index (χ2v) is 6.73. The maximum absolute atomic E-state index is 11.4. The van der Waals surface area contributed by atoms with Crippen molar-refractivity contribution in [1.29, 1.82) is 0 Å². The SMILES string of the molecule is CS(=O)(=O)c1cccc(Oc2ccc(Br)cc2)c1. The number of sulfone groups is 1. The summed E-state index contributed by atoms with van der Waals surface area (Å²) < 4.78 is 29.4. The zero-order valence-corrected chi connectivity index (χ0v) is 12.0. The molecule has 0 spiro atoms. The molecule has 2 aromatic carbocycles. The van der Waals surface area contributed by atoms with Crippen LogP contribution in [0.5, 0.6) is 11.5 Å². The summed E-state index contributed by atoms with van der Waals surface area (Å²) in [5.74, 6) is 1.16. The molecule has 0 N–H and O–H groups in total. The van der Waals surface area contributed by atoms with E-state index in [2.05, 4.69) is 15.9 Å². The fourth-order valence-electron chi connectivity index (χ4n) is 1.41. The normalized spacial score (nSPS) is 11.2. The summed E-state index contributed by atoms with van der Waals surface area (Å²) in [6.45, 7) is 0. The van der Waals surface area contributed by atoms with Gasteiger partial charge in [0.05, 0.1) is 4.90 Å². The zero-order valence-electron chi connectivity index (χ0n) is 9.63. The lowest BCUT2D eigenvalue weighted by atomic mass is 10.3. The Balaban J connectivity index is 2.27. The average Bonchev–Trinajstić information content (AvgIpc) is 2.31. The van der Waals surface area contributed by atoms with E-state index in [1.54, 1.807) is 30.3 Å². The van der Waals surface area contributed by atoms with Crippen LogP contribution in [0.4, 0.5) is 0 Å². The highest BCUT2D eigenvalue weighted by atomic mass is 79.9. The van der Waals surface area contributed by atoms with Crippen LogP contribution in [0, 0.1) is 0 Å². The molecule has 0 atom stereocenters. The Morgan fingerprint density at radius 1 is 1.00 bits per heavy atom. The van der Waals surface area contributed by atoms with Crippen molar-refractivity contribution in [3.63, 3.8) is 0 Å². The fourth-order valence-corrected chi connectivity index (χ4v) is 2.33. The molecule has 0 fully saturated rings. The molecule has 0 aliphatic rings. The Bertz CT molecular complexity index is 648. The van der Waals surface area contributed by atoms with Crippen molar-refractivity contribution in [2.45, 2.75) is 4.90 Å². The average molecular weight is 327 g/mol. The summed E-state index contributed by atoms with van der Waals surface area (Å²) in [5, 5.41) is 0. The molecular formula is C13H11BrO3S. The summed E-state index contributed by atoms with van der Waals surface area (Å²) in [4.78, 5) is 0.247. The van der Waals surface area contributed by atoms with E-state index in [4.69, 9.17) is 4.74 Å². The van der Waals surface area contributed by atoms with Gasteiger partial charge < -0.3 is 4.74 Å². The lowest BCUT2D eigenvalue weighted by Gasteiger charge is -2.07. The van der Waals surface area contributed by atoms with E-state index < -0.39 is 9.84 Å². The summed E-state index contributed by atoms with van der Waals surface area (Å²) in [6.07, 6.45) is 1.17. The molecule has 0 saturated carbocycles. The van der Waals surface area contributed by atoms with E-state index in [9.17, 15) is 8.42 Å². The first kappa shape index (κ1) is 13.1. The third kappa shape index (κ3) is 3.34. The molecule has 0 aliphatic heterocycles. The van der Waals surface area contributed by atoms with Gasteiger partial charge in [-0.15, -0.1) is 0 Å². The molecule has 0 saturated heterocycles. The molecular weight excluding hydrogens is 316 g/mol. The van der Waals surface area contributed by atoms with Gasteiger partial charge >= 0.3 is 0 Å². The minimum absolute atomic E-state index is 0.247. The zero-order chi connectivity index (χ0) is 13.2. The molecule has 0 heterocycles. The molecule has 2 aromatic rings. The van der Waals surface area contributed by atoms with E-state index in [1.165, 1.54) is 12.3 Å². The Hall–Kier alpha value is -1.33. The van der Waals surface area contributed by atoms with Gasteiger partial charge in [-0.2, -0.15) is 0 Å². The third-order valence-electron chi connectivity index (χ3n) is 2.28. The van der Waals surface area contributed by atoms with Gasteiger partial charge in [-0.1, -0.05) is 22.0 Å². The first-order valence-electron chi connectivity index (χ1n) is 5.19. The molecule has 18 heavy (non-hydrogen) atoms. The maximum atomic E-state index is 11.4. The largest absolute Gasteiger partial charge is 0.457 e. The standard InChI is InChI=1S/C13H11BrO3S/c1-18(15,16)13-4-2-3-12(9-13)17-11-7-5-10(14)6-8-11/h2-9H,1H3. The number of hydrogen-bond donors (Lipinski definition) is 0. The monoisotopic (exact) mass is 326 g/mol. The van der Waals surface area contributed by atoms with Crippen molar-refractivity contribution >= 4 is 25.8 Å². The first-order valence-corrected chi connectivity index (χ1v) is 7.87. The fraction of sp³-hybridized carbons (Fsp3) is 0.0769. The lowest BCUT2D eigenvalue weighted by molar-refractivity contribution is 0.480. The van der Waals surface area contributed by atoms with Gasteiger partial charge in [0.25, 0.3) is 0 Å². The summed E-state index contributed by atoms with van der Waals surface area (Å²) >= 11 is 3.33. The number of halogens is 1. The van der Waals surface area contributed by atoms with E-state index in [-0.39, 0.29) is 4.90 Å². The molecule has 2 rings (SSSR count). The quantitative estimate of drug-likeness (QED) is 0.864. The maximum Gasteiger partial charge on any atom is 0.175 e. The van der Waals surface area contributed by atoms with Crippen LogP contribution in [0.1, 0.15) is 0 Å². The van der Waals surface area contributed by atoms with Gasteiger partial charge in [0.1, 0.15) is 11.5 Å². The van der Waals surface area contributed by atoms with Gasteiger partial charge in [0.15, 0.2) is 9.84 Å². The van der Waals surface area contributed by atoms with Crippen LogP contribution >= 0.6 is 15.9 Å². The Kier molecular flexibility index (Phi) is 3.73. The van der Waals surface area contributed by atoms with E-state index in [1.807, 2.05) is 12.1 Å². The highest BCUT2D eigenvalue weighted by Gasteiger charge is 2.08. The topological polar surface area (TPSA) is 43.4 Å². The van der Waals surface area contributed by atoms with Crippen molar-refractivity contribution in [2.24, 2.45) is 0 Å². The van der Waals surface area contributed by atoms with Crippen molar-refractivity contribution in [1.82, 2.24) is 0 Å². The molecule has 0 unspecified atom stereocenters. The highest BCUT2D eigenvalue weighted by Crippen LogP contribution is 2.25. The number of hydrogen-bond acceptors (Lipinski definition) is 3. The minimum atomic E-state index is -3.21. The van der Waals surface area contributed by atoms with Crippen LogP contribution in [0.15, 0.2) is 57.9 Å². The smallest absolute Gasteiger partial charge is 0.175 e. The number of ether oxygens (including phenoxy) is 1. The van der Waals surface area contributed by atoms with Crippen LogP contribution in [0.2, 0.25) is 0 Å². The van der Waals surface area contributed by atoms with Crippen molar-refractivity contribution in [3.05, 3.63) is 53.0 Å². The summed E-state index contributed by atoms with van der Waals surface area (Å²) in [7, 11) is -3.21. The lowest BCUT2D eigenvalue weighted by Crippen LogP contribution is -1.96. The highest BCUT2D eigenvalue weighted by molar-refractivity contribution is 9.10. The predicted molar refractivity (Wildman–Crippen MR) is 73.8 cm³/mol. The second kappa shape index (κ2) is 5.12. The van der Waals surface area contributed by atoms with Gasteiger partial charge in [0.2, 0.25) is 0 Å². The Morgan fingerprint density at radius 3 is 2.28 bits per heavy atom. The molecule has 0 radical (unpaired) electrons. The van der Waals surface area contributed by atoms with E-state index in [0.717, 1.165) is 4.47 Å². The van der Waals surface area contributed by atoms with Crippen molar-refractivity contribution in [2.75, 3.05) is 6.26 Å². The van der Waals surface area contributed by atoms with Crippen LogP contribution in [-0.4, -0.2) is 14.7 Å². The molecule has 0 amide bonds. The molecule has 0 aromatic heterocycles. The summed E-state index contributed by atoms with van der Waals surface area (Å²) in [5.41, 5.74) is 0. The van der Waals surface area contributed by atoms with Crippen molar-refractivity contribution < 1.29 is 13.2 Å². The van der Waals surface area contributed by atoms with E-state index >= 15 is 0 Å². The van der Waals surface area contributed by atoms with Gasteiger partial charge in [-0.05, 0) is 42.5 Å². The molecule has 0 bridgehead atoms. The van der Waals surface area contributed by atoms with Gasteiger partial charge in [-0.25, -0.2) is 8.42 Å². The molecule has 94 valence electrons.